The van der Waals surface area contributed by atoms with Crippen molar-refractivity contribution in [2.75, 3.05) is 33.3 Å². The zero-order valence-corrected chi connectivity index (χ0v) is 12.2. The minimum Gasteiger partial charge on any atom is -0.377 e. The van der Waals surface area contributed by atoms with Gasteiger partial charge in [-0.05, 0) is 65.1 Å². The Hall–Kier alpha value is -0.120. The summed E-state index contributed by atoms with van der Waals surface area (Å²) in [7, 11) is 1.85. The molecule has 0 radical (unpaired) electrons. The fourth-order valence-corrected chi connectivity index (χ4v) is 2.90. The highest BCUT2D eigenvalue weighted by molar-refractivity contribution is 4.84. The molecule has 0 amide bonds. The van der Waals surface area contributed by atoms with Gasteiger partial charge in [-0.1, -0.05) is 6.42 Å². The van der Waals surface area contributed by atoms with E-state index in [0.29, 0.717) is 0 Å². The van der Waals surface area contributed by atoms with E-state index in [-0.39, 0.29) is 5.60 Å². The maximum Gasteiger partial charge on any atom is 0.0777 e. The number of rotatable bonds is 8. The summed E-state index contributed by atoms with van der Waals surface area (Å²) in [5.41, 5.74) is 0.103. The lowest BCUT2D eigenvalue weighted by Gasteiger charge is -2.39. The second kappa shape index (κ2) is 6.88. The molecule has 0 aromatic rings. The van der Waals surface area contributed by atoms with Crippen molar-refractivity contribution in [2.24, 2.45) is 0 Å². The normalized spacial score (nSPS) is 29.7. The van der Waals surface area contributed by atoms with Crippen molar-refractivity contribution in [1.82, 2.24) is 10.2 Å². The quantitative estimate of drug-likeness (QED) is 0.673. The molecule has 2 aliphatic rings. The van der Waals surface area contributed by atoms with E-state index in [9.17, 15) is 0 Å². The van der Waals surface area contributed by atoms with Gasteiger partial charge in [0.1, 0.15) is 0 Å². The predicted molar refractivity (Wildman–Crippen MR) is 76.0 cm³/mol. The van der Waals surface area contributed by atoms with Gasteiger partial charge < -0.3 is 15.0 Å². The van der Waals surface area contributed by atoms with E-state index in [1.807, 2.05) is 7.11 Å². The summed E-state index contributed by atoms with van der Waals surface area (Å²) in [5, 5.41) is 3.58. The predicted octanol–water partition coefficient (Wildman–Crippen LogP) is 2.41. The summed E-state index contributed by atoms with van der Waals surface area (Å²) in [5.74, 6) is 0. The zero-order chi connectivity index (χ0) is 12.8. The number of nitrogens with one attached hydrogen (secondary N) is 1. The van der Waals surface area contributed by atoms with Crippen molar-refractivity contribution < 1.29 is 4.74 Å². The Bertz CT molecular complexity index is 243. The van der Waals surface area contributed by atoms with Crippen LogP contribution in [-0.2, 0) is 4.74 Å². The Balaban J connectivity index is 1.50. The number of methoxy groups -OCH3 is 1. The molecular formula is C15H30N2O. The van der Waals surface area contributed by atoms with Gasteiger partial charge in [0, 0.05) is 19.7 Å². The van der Waals surface area contributed by atoms with Crippen LogP contribution < -0.4 is 5.32 Å². The van der Waals surface area contributed by atoms with E-state index in [4.69, 9.17) is 4.74 Å². The van der Waals surface area contributed by atoms with Crippen LogP contribution >= 0.6 is 0 Å². The van der Waals surface area contributed by atoms with Gasteiger partial charge in [0.05, 0.1) is 5.60 Å². The third-order valence-corrected chi connectivity index (χ3v) is 4.39. The molecule has 1 saturated heterocycles. The molecular weight excluding hydrogens is 224 g/mol. The number of hydrogen-bond acceptors (Lipinski definition) is 3. The lowest BCUT2D eigenvalue weighted by Crippen LogP contribution is -2.47. The second-order valence-electron chi connectivity index (χ2n) is 6.32. The topological polar surface area (TPSA) is 24.5 Å². The highest BCUT2D eigenvalue weighted by Crippen LogP contribution is 2.24. The average molecular weight is 254 g/mol. The van der Waals surface area contributed by atoms with Crippen LogP contribution in [0, 0.1) is 0 Å². The van der Waals surface area contributed by atoms with E-state index in [1.54, 1.807) is 0 Å². The molecule has 0 bridgehead atoms. The number of likely N-dealkylation sites (tertiary alicyclic amines) is 1. The van der Waals surface area contributed by atoms with Crippen molar-refractivity contribution in [3.63, 3.8) is 0 Å². The third-order valence-electron chi connectivity index (χ3n) is 4.39. The Morgan fingerprint density at radius 3 is 2.83 bits per heavy atom. The SMILES string of the molecule is COC1(C)CCCN(CCCCCNC2CC2)C1. The van der Waals surface area contributed by atoms with Crippen LogP contribution in [0.5, 0.6) is 0 Å². The minimum absolute atomic E-state index is 0.103. The molecule has 1 unspecified atom stereocenters. The molecule has 1 N–H and O–H groups in total. The van der Waals surface area contributed by atoms with Gasteiger partial charge in [-0.25, -0.2) is 0 Å². The van der Waals surface area contributed by atoms with Gasteiger partial charge in [0.2, 0.25) is 0 Å². The average Bonchev–Trinajstić information content (AvgIpc) is 3.18. The van der Waals surface area contributed by atoms with Crippen LogP contribution in [0.2, 0.25) is 0 Å². The molecule has 2 fully saturated rings. The van der Waals surface area contributed by atoms with Crippen LogP contribution in [0.4, 0.5) is 0 Å². The van der Waals surface area contributed by atoms with Crippen molar-refractivity contribution >= 4 is 0 Å². The van der Waals surface area contributed by atoms with Crippen LogP contribution in [0.15, 0.2) is 0 Å². The summed E-state index contributed by atoms with van der Waals surface area (Å²) in [6, 6.07) is 0.870. The van der Waals surface area contributed by atoms with Crippen molar-refractivity contribution in [3.05, 3.63) is 0 Å². The standard InChI is InChI=1S/C15H30N2O/c1-15(18-2)9-6-12-17(13-15)11-5-3-4-10-16-14-7-8-14/h14,16H,3-13H2,1-2H3. The molecule has 1 heterocycles. The van der Waals surface area contributed by atoms with E-state index in [0.717, 1.165) is 12.6 Å². The molecule has 2 rings (SSSR count). The second-order valence-corrected chi connectivity index (χ2v) is 6.32. The van der Waals surface area contributed by atoms with E-state index >= 15 is 0 Å². The maximum absolute atomic E-state index is 5.64. The smallest absolute Gasteiger partial charge is 0.0777 e. The number of unbranched alkanes of at least 4 members (excludes halogenated alkanes) is 2. The van der Waals surface area contributed by atoms with Gasteiger partial charge in [0.25, 0.3) is 0 Å². The Morgan fingerprint density at radius 2 is 2.11 bits per heavy atom. The molecule has 0 aromatic carbocycles. The molecule has 3 heteroatoms. The summed E-state index contributed by atoms with van der Waals surface area (Å²) < 4.78 is 5.64. The zero-order valence-electron chi connectivity index (χ0n) is 12.2. The first-order valence-corrected chi connectivity index (χ1v) is 7.73. The lowest BCUT2D eigenvalue weighted by atomic mass is 9.94. The molecule has 0 aromatic heterocycles. The van der Waals surface area contributed by atoms with Gasteiger partial charge in [-0.2, -0.15) is 0 Å². The van der Waals surface area contributed by atoms with Gasteiger partial charge in [-0.3, -0.25) is 0 Å². The first kappa shape index (κ1) is 14.3. The number of piperidine rings is 1. The summed E-state index contributed by atoms with van der Waals surface area (Å²) in [6.07, 6.45) is 9.35. The fraction of sp³-hybridized carbons (Fsp3) is 1.00. The molecule has 1 aliphatic heterocycles. The van der Waals surface area contributed by atoms with Gasteiger partial charge >= 0.3 is 0 Å². The Morgan fingerprint density at radius 1 is 1.28 bits per heavy atom. The number of hydrogen-bond donors (Lipinski definition) is 1. The van der Waals surface area contributed by atoms with Crippen molar-refractivity contribution in [2.45, 2.75) is 63.5 Å². The lowest BCUT2D eigenvalue weighted by molar-refractivity contribution is -0.0508. The monoisotopic (exact) mass is 254 g/mol. The Kier molecular flexibility index (Phi) is 5.46. The molecule has 1 atom stereocenters. The first-order valence-electron chi connectivity index (χ1n) is 7.73. The highest BCUT2D eigenvalue weighted by atomic mass is 16.5. The third kappa shape index (κ3) is 4.87. The fourth-order valence-electron chi connectivity index (χ4n) is 2.90. The number of ether oxygens (including phenoxy) is 1. The molecule has 1 aliphatic carbocycles. The highest BCUT2D eigenvalue weighted by Gasteiger charge is 2.30. The van der Waals surface area contributed by atoms with Crippen molar-refractivity contribution in [3.8, 4) is 0 Å². The van der Waals surface area contributed by atoms with Gasteiger partial charge in [0.15, 0.2) is 0 Å². The number of nitrogens with zero attached hydrogens (tertiary/aromatic N) is 1. The molecule has 106 valence electrons. The van der Waals surface area contributed by atoms with Crippen LogP contribution in [0.1, 0.15) is 51.9 Å². The largest absolute Gasteiger partial charge is 0.377 e. The molecule has 1 saturated carbocycles. The molecule has 18 heavy (non-hydrogen) atoms. The summed E-state index contributed by atoms with van der Waals surface area (Å²) in [6.45, 7) is 7.10. The first-order chi connectivity index (χ1) is 8.72. The van der Waals surface area contributed by atoms with E-state index in [1.165, 1.54) is 64.6 Å². The summed E-state index contributed by atoms with van der Waals surface area (Å²) >= 11 is 0. The van der Waals surface area contributed by atoms with Crippen LogP contribution in [0.25, 0.3) is 0 Å². The minimum atomic E-state index is 0.103. The maximum atomic E-state index is 5.64. The Labute approximate surface area is 112 Å². The van der Waals surface area contributed by atoms with Crippen molar-refractivity contribution in [1.29, 1.82) is 0 Å². The van der Waals surface area contributed by atoms with Crippen LogP contribution in [-0.4, -0.2) is 49.8 Å². The van der Waals surface area contributed by atoms with Crippen LogP contribution in [0.3, 0.4) is 0 Å². The molecule has 0 spiro atoms. The van der Waals surface area contributed by atoms with E-state index < -0.39 is 0 Å². The molecule has 3 nitrogen and oxygen atoms in total. The van der Waals surface area contributed by atoms with Gasteiger partial charge in [-0.15, -0.1) is 0 Å². The van der Waals surface area contributed by atoms with E-state index in [2.05, 4.69) is 17.1 Å². The summed E-state index contributed by atoms with van der Waals surface area (Å²) in [4.78, 5) is 2.58.